The monoisotopic (exact) mass is 258 g/mol. The SMILES string of the molecule is CC(C)C(=O)NCC(O)C(=O)N(C(C)C)C(C)C. The van der Waals surface area contributed by atoms with E-state index in [-0.39, 0.29) is 36.4 Å². The van der Waals surface area contributed by atoms with Crippen LogP contribution in [-0.2, 0) is 9.59 Å². The summed E-state index contributed by atoms with van der Waals surface area (Å²) in [6.07, 6.45) is -1.18. The first-order valence-electron chi connectivity index (χ1n) is 6.46. The molecule has 0 saturated heterocycles. The molecule has 5 nitrogen and oxygen atoms in total. The van der Waals surface area contributed by atoms with Crippen LogP contribution in [0.4, 0.5) is 0 Å². The lowest BCUT2D eigenvalue weighted by atomic mass is 10.1. The average molecular weight is 258 g/mol. The van der Waals surface area contributed by atoms with E-state index in [2.05, 4.69) is 5.32 Å². The third-order valence-corrected chi connectivity index (χ3v) is 2.65. The number of aliphatic hydroxyl groups excluding tert-OH is 1. The Morgan fingerprint density at radius 2 is 1.50 bits per heavy atom. The van der Waals surface area contributed by atoms with Crippen molar-refractivity contribution in [1.82, 2.24) is 10.2 Å². The number of carbonyl (C=O) groups is 2. The molecule has 0 aliphatic rings. The van der Waals surface area contributed by atoms with Crippen molar-refractivity contribution >= 4 is 11.8 Å². The number of carbonyl (C=O) groups excluding carboxylic acids is 2. The number of nitrogens with one attached hydrogen (secondary N) is 1. The fraction of sp³-hybridized carbons (Fsp3) is 0.846. The smallest absolute Gasteiger partial charge is 0.253 e. The van der Waals surface area contributed by atoms with Crippen LogP contribution in [0.3, 0.4) is 0 Å². The van der Waals surface area contributed by atoms with E-state index >= 15 is 0 Å². The van der Waals surface area contributed by atoms with Gasteiger partial charge in [0.2, 0.25) is 5.91 Å². The molecule has 0 rings (SSSR count). The molecule has 0 saturated carbocycles. The summed E-state index contributed by atoms with van der Waals surface area (Å²) in [7, 11) is 0. The van der Waals surface area contributed by atoms with E-state index in [9.17, 15) is 14.7 Å². The molecule has 0 spiro atoms. The Balaban J connectivity index is 4.45. The van der Waals surface area contributed by atoms with Crippen LogP contribution in [-0.4, -0.2) is 46.6 Å². The zero-order valence-electron chi connectivity index (χ0n) is 12.2. The van der Waals surface area contributed by atoms with Gasteiger partial charge in [-0.2, -0.15) is 0 Å². The van der Waals surface area contributed by atoms with E-state index in [0.717, 1.165) is 0 Å². The Morgan fingerprint density at radius 3 is 1.83 bits per heavy atom. The van der Waals surface area contributed by atoms with Crippen LogP contribution in [0.2, 0.25) is 0 Å². The summed E-state index contributed by atoms with van der Waals surface area (Å²) in [6, 6.07) is 0.0425. The Kier molecular flexibility index (Phi) is 6.91. The summed E-state index contributed by atoms with van der Waals surface area (Å²) in [5, 5.41) is 12.4. The molecule has 5 heteroatoms. The van der Waals surface area contributed by atoms with Crippen LogP contribution in [0, 0.1) is 5.92 Å². The third-order valence-electron chi connectivity index (χ3n) is 2.65. The average Bonchev–Trinajstić information content (AvgIpc) is 2.23. The van der Waals surface area contributed by atoms with Crippen molar-refractivity contribution in [3.8, 4) is 0 Å². The van der Waals surface area contributed by atoms with Crippen LogP contribution in [0.25, 0.3) is 0 Å². The molecule has 0 aromatic heterocycles. The fourth-order valence-electron chi connectivity index (χ4n) is 1.77. The van der Waals surface area contributed by atoms with Gasteiger partial charge in [0.1, 0.15) is 6.10 Å². The molecule has 0 aliphatic carbocycles. The van der Waals surface area contributed by atoms with Crippen molar-refractivity contribution in [3.63, 3.8) is 0 Å². The highest BCUT2D eigenvalue weighted by Crippen LogP contribution is 2.07. The second kappa shape index (κ2) is 7.36. The predicted molar refractivity (Wildman–Crippen MR) is 71.0 cm³/mol. The number of amides is 2. The van der Waals surface area contributed by atoms with Crippen molar-refractivity contribution < 1.29 is 14.7 Å². The molecule has 106 valence electrons. The minimum atomic E-state index is -1.18. The molecule has 1 unspecified atom stereocenters. The molecule has 0 aromatic carbocycles. The lowest BCUT2D eigenvalue weighted by Gasteiger charge is -2.32. The van der Waals surface area contributed by atoms with E-state index in [1.54, 1.807) is 18.7 Å². The van der Waals surface area contributed by atoms with Gasteiger partial charge in [0, 0.05) is 18.0 Å². The zero-order valence-corrected chi connectivity index (χ0v) is 12.2. The Hall–Kier alpha value is -1.10. The molecule has 1 atom stereocenters. The first-order chi connectivity index (χ1) is 8.18. The van der Waals surface area contributed by atoms with Crippen molar-refractivity contribution in [2.45, 2.75) is 59.7 Å². The molecule has 0 radical (unpaired) electrons. The van der Waals surface area contributed by atoms with E-state index in [1.165, 1.54) is 0 Å². The van der Waals surface area contributed by atoms with Crippen molar-refractivity contribution in [2.75, 3.05) is 6.54 Å². The third kappa shape index (κ3) is 5.04. The molecule has 18 heavy (non-hydrogen) atoms. The number of hydrogen-bond acceptors (Lipinski definition) is 3. The lowest BCUT2D eigenvalue weighted by Crippen LogP contribution is -2.50. The number of nitrogens with zero attached hydrogens (tertiary/aromatic N) is 1. The van der Waals surface area contributed by atoms with Gasteiger partial charge in [-0.3, -0.25) is 9.59 Å². The van der Waals surface area contributed by atoms with Crippen LogP contribution >= 0.6 is 0 Å². The Bertz CT molecular complexity index is 280. The van der Waals surface area contributed by atoms with E-state index < -0.39 is 6.10 Å². The van der Waals surface area contributed by atoms with Crippen molar-refractivity contribution in [1.29, 1.82) is 0 Å². The highest BCUT2D eigenvalue weighted by atomic mass is 16.3. The highest BCUT2D eigenvalue weighted by molar-refractivity contribution is 5.83. The zero-order chi connectivity index (χ0) is 14.5. The van der Waals surface area contributed by atoms with Gasteiger partial charge in [0.25, 0.3) is 5.91 Å². The Morgan fingerprint density at radius 1 is 1.06 bits per heavy atom. The van der Waals surface area contributed by atoms with Gasteiger partial charge in [-0.25, -0.2) is 0 Å². The normalized spacial score (nSPS) is 13.0. The maximum Gasteiger partial charge on any atom is 0.253 e. The van der Waals surface area contributed by atoms with Gasteiger partial charge in [-0.05, 0) is 27.7 Å². The number of hydrogen-bond donors (Lipinski definition) is 2. The molecular formula is C13H26N2O3. The highest BCUT2D eigenvalue weighted by Gasteiger charge is 2.26. The van der Waals surface area contributed by atoms with Gasteiger partial charge >= 0.3 is 0 Å². The quantitative estimate of drug-likeness (QED) is 0.739. The van der Waals surface area contributed by atoms with Gasteiger partial charge in [0.15, 0.2) is 0 Å². The first-order valence-corrected chi connectivity index (χ1v) is 6.46. The van der Waals surface area contributed by atoms with E-state index in [1.807, 2.05) is 27.7 Å². The molecule has 0 fully saturated rings. The van der Waals surface area contributed by atoms with Crippen LogP contribution in [0.5, 0.6) is 0 Å². The number of rotatable bonds is 6. The Labute approximate surface area is 110 Å². The van der Waals surface area contributed by atoms with Gasteiger partial charge in [-0.15, -0.1) is 0 Å². The van der Waals surface area contributed by atoms with Crippen LogP contribution in [0.1, 0.15) is 41.5 Å². The minimum absolute atomic E-state index is 0.0213. The standard InChI is InChI=1S/C13H26N2O3/c1-8(2)12(17)14-7-11(16)13(18)15(9(3)4)10(5)6/h8-11,16H,7H2,1-6H3,(H,14,17). The largest absolute Gasteiger partial charge is 0.381 e. The number of aliphatic hydroxyl groups is 1. The van der Waals surface area contributed by atoms with Gasteiger partial charge < -0.3 is 15.3 Å². The first kappa shape index (κ1) is 16.9. The molecule has 2 amide bonds. The summed E-state index contributed by atoms with van der Waals surface area (Å²) in [5.41, 5.74) is 0. The second-order valence-electron chi connectivity index (χ2n) is 5.35. The molecule has 0 bridgehead atoms. The summed E-state index contributed by atoms with van der Waals surface area (Å²) in [5.74, 6) is -0.662. The molecule has 2 N–H and O–H groups in total. The van der Waals surface area contributed by atoms with Crippen molar-refractivity contribution in [3.05, 3.63) is 0 Å². The minimum Gasteiger partial charge on any atom is -0.381 e. The topological polar surface area (TPSA) is 69.6 Å². The van der Waals surface area contributed by atoms with Crippen LogP contribution in [0.15, 0.2) is 0 Å². The fourth-order valence-corrected chi connectivity index (χ4v) is 1.77. The van der Waals surface area contributed by atoms with Crippen molar-refractivity contribution in [2.24, 2.45) is 5.92 Å². The summed E-state index contributed by atoms with van der Waals surface area (Å²) in [4.78, 5) is 25.0. The lowest BCUT2D eigenvalue weighted by molar-refractivity contribution is -0.144. The molecule has 0 heterocycles. The van der Waals surface area contributed by atoms with E-state index in [0.29, 0.717) is 0 Å². The van der Waals surface area contributed by atoms with E-state index in [4.69, 9.17) is 0 Å². The molecule has 0 aromatic rings. The summed E-state index contributed by atoms with van der Waals surface area (Å²) in [6.45, 7) is 11.1. The summed E-state index contributed by atoms with van der Waals surface area (Å²) < 4.78 is 0. The second-order valence-corrected chi connectivity index (χ2v) is 5.35. The van der Waals surface area contributed by atoms with Gasteiger partial charge in [-0.1, -0.05) is 13.8 Å². The van der Waals surface area contributed by atoms with Gasteiger partial charge in [0.05, 0.1) is 6.54 Å². The molecule has 0 aliphatic heterocycles. The maximum absolute atomic E-state index is 12.0. The molecular weight excluding hydrogens is 232 g/mol. The predicted octanol–water partition coefficient (Wildman–Crippen LogP) is 0.765. The maximum atomic E-state index is 12.0. The van der Waals surface area contributed by atoms with Crippen LogP contribution < -0.4 is 5.32 Å². The summed E-state index contributed by atoms with van der Waals surface area (Å²) >= 11 is 0.